The number of carbonyl (C=O) groups is 2. The quantitative estimate of drug-likeness (QED) is 0.782. The first-order valence-electron chi connectivity index (χ1n) is 10.1. The summed E-state index contributed by atoms with van der Waals surface area (Å²) in [6.45, 7) is 5.91. The van der Waals surface area contributed by atoms with Gasteiger partial charge in [0.1, 0.15) is 5.82 Å². The summed E-state index contributed by atoms with van der Waals surface area (Å²) in [5, 5.41) is 3.23. The number of rotatable bonds is 7. The van der Waals surface area contributed by atoms with Gasteiger partial charge in [-0.15, -0.1) is 0 Å². The van der Waals surface area contributed by atoms with Gasteiger partial charge in [0.25, 0.3) is 5.91 Å². The molecular weight excluding hydrogens is 369 g/mol. The van der Waals surface area contributed by atoms with Gasteiger partial charge in [-0.25, -0.2) is 4.39 Å². The number of benzene rings is 2. The molecule has 154 valence electrons. The average Bonchev–Trinajstić information content (AvgIpc) is 2.77. The molecule has 0 aliphatic carbocycles. The van der Waals surface area contributed by atoms with Gasteiger partial charge in [-0.05, 0) is 35.7 Å². The minimum absolute atomic E-state index is 0.0655. The van der Waals surface area contributed by atoms with E-state index < -0.39 is 0 Å². The lowest BCUT2D eigenvalue weighted by Crippen LogP contribution is -2.47. The first-order valence-corrected chi connectivity index (χ1v) is 10.1. The number of nitrogens with one attached hydrogen (secondary N) is 1. The van der Waals surface area contributed by atoms with Gasteiger partial charge in [-0.3, -0.25) is 9.59 Å². The van der Waals surface area contributed by atoms with Gasteiger partial charge in [-0.1, -0.05) is 37.3 Å². The number of amides is 2. The third kappa shape index (κ3) is 5.87. The summed E-state index contributed by atoms with van der Waals surface area (Å²) >= 11 is 0. The predicted molar refractivity (Wildman–Crippen MR) is 111 cm³/mol. The SMILES string of the molecule is C[C@H](CN(CCC(=O)N1CCNCC1)C(=O)c1ccc(F)cc1)c1ccccc1. The molecule has 2 aromatic rings. The van der Waals surface area contributed by atoms with Gasteiger partial charge in [-0.2, -0.15) is 0 Å². The maximum atomic E-state index is 13.3. The van der Waals surface area contributed by atoms with Crippen LogP contribution in [-0.2, 0) is 4.79 Å². The molecule has 1 heterocycles. The maximum Gasteiger partial charge on any atom is 0.253 e. The first kappa shape index (κ1) is 21.0. The summed E-state index contributed by atoms with van der Waals surface area (Å²) in [7, 11) is 0. The Morgan fingerprint density at radius 2 is 1.72 bits per heavy atom. The number of hydrogen-bond acceptors (Lipinski definition) is 3. The molecule has 2 amide bonds. The van der Waals surface area contributed by atoms with Crippen LogP contribution in [0.1, 0.15) is 35.2 Å². The third-order valence-corrected chi connectivity index (χ3v) is 5.31. The molecule has 6 heteroatoms. The molecule has 0 bridgehead atoms. The van der Waals surface area contributed by atoms with Crippen molar-refractivity contribution < 1.29 is 14.0 Å². The fourth-order valence-electron chi connectivity index (χ4n) is 3.57. The van der Waals surface area contributed by atoms with Crippen molar-refractivity contribution in [3.63, 3.8) is 0 Å². The van der Waals surface area contributed by atoms with Crippen LogP contribution in [-0.4, -0.2) is 60.9 Å². The molecule has 1 fully saturated rings. The summed E-state index contributed by atoms with van der Waals surface area (Å²) in [6.07, 6.45) is 0.286. The second-order valence-electron chi connectivity index (χ2n) is 7.45. The minimum Gasteiger partial charge on any atom is -0.340 e. The van der Waals surface area contributed by atoms with Gasteiger partial charge in [0.2, 0.25) is 5.91 Å². The molecule has 2 aromatic carbocycles. The van der Waals surface area contributed by atoms with Crippen LogP contribution in [0.4, 0.5) is 4.39 Å². The molecule has 3 rings (SSSR count). The van der Waals surface area contributed by atoms with Crippen molar-refractivity contribution in [2.24, 2.45) is 0 Å². The van der Waals surface area contributed by atoms with Crippen molar-refractivity contribution in [3.05, 3.63) is 71.5 Å². The van der Waals surface area contributed by atoms with Crippen LogP contribution >= 0.6 is 0 Å². The molecule has 1 saturated heterocycles. The van der Waals surface area contributed by atoms with Crippen molar-refractivity contribution in [1.29, 1.82) is 0 Å². The predicted octanol–water partition coefficient (Wildman–Crippen LogP) is 2.89. The molecule has 1 aliphatic rings. The van der Waals surface area contributed by atoms with Crippen molar-refractivity contribution in [1.82, 2.24) is 15.1 Å². The Morgan fingerprint density at radius 1 is 1.07 bits per heavy atom. The van der Waals surface area contributed by atoms with E-state index in [0.29, 0.717) is 31.7 Å². The number of hydrogen-bond donors (Lipinski definition) is 1. The Morgan fingerprint density at radius 3 is 2.38 bits per heavy atom. The van der Waals surface area contributed by atoms with E-state index in [1.807, 2.05) is 35.2 Å². The van der Waals surface area contributed by atoms with E-state index in [0.717, 1.165) is 18.7 Å². The highest BCUT2D eigenvalue weighted by Crippen LogP contribution is 2.18. The van der Waals surface area contributed by atoms with Crippen LogP contribution in [0.25, 0.3) is 0 Å². The molecule has 29 heavy (non-hydrogen) atoms. The molecular formula is C23H28FN3O2. The normalized spacial score (nSPS) is 15.0. The Balaban J connectivity index is 1.70. The fourth-order valence-corrected chi connectivity index (χ4v) is 3.57. The van der Waals surface area contributed by atoms with Crippen LogP contribution in [0.3, 0.4) is 0 Å². The zero-order valence-corrected chi connectivity index (χ0v) is 16.8. The van der Waals surface area contributed by atoms with Crippen molar-refractivity contribution in [3.8, 4) is 0 Å². The summed E-state index contributed by atoms with van der Waals surface area (Å²) < 4.78 is 13.3. The zero-order chi connectivity index (χ0) is 20.6. The Kier molecular flexibility index (Phi) is 7.36. The van der Waals surface area contributed by atoms with Crippen LogP contribution in [0, 0.1) is 5.82 Å². The van der Waals surface area contributed by atoms with Crippen molar-refractivity contribution >= 4 is 11.8 Å². The number of piperazine rings is 1. The van der Waals surface area contributed by atoms with Crippen LogP contribution < -0.4 is 5.32 Å². The van der Waals surface area contributed by atoms with E-state index in [2.05, 4.69) is 12.2 Å². The zero-order valence-electron chi connectivity index (χ0n) is 16.8. The second-order valence-corrected chi connectivity index (χ2v) is 7.45. The largest absolute Gasteiger partial charge is 0.340 e. The van der Waals surface area contributed by atoms with Gasteiger partial charge < -0.3 is 15.1 Å². The summed E-state index contributed by atoms with van der Waals surface area (Å²) in [6, 6.07) is 15.6. The van der Waals surface area contributed by atoms with Crippen molar-refractivity contribution in [2.45, 2.75) is 19.3 Å². The van der Waals surface area contributed by atoms with E-state index in [1.54, 1.807) is 4.90 Å². The standard InChI is InChI=1S/C23H28FN3O2/c1-18(19-5-3-2-4-6-19)17-27(23(29)20-7-9-21(24)10-8-20)14-11-22(28)26-15-12-25-13-16-26/h2-10,18,25H,11-17H2,1H3/t18-/m1/s1. The Bertz CT molecular complexity index is 805. The van der Waals surface area contributed by atoms with Gasteiger partial charge in [0.15, 0.2) is 0 Å². The van der Waals surface area contributed by atoms with Gasteiger partial charge in [0, 0.05) is 51.3 Å². The smallest absolute Gasteiger partial charge is 0.253 e. The van der Waals surface area contributed by atoms with E-state index >= 15 is 0 Å². The molecule has 0 aromatic heterocycles. The Labute approximate surface area is 171 Å². The van der Waals surface area contributed by atoms with Crippen LogP contribution in [0.5, 0.6) is 0 Å². The number of nitrogens with zero attached hydrogens (tertiary/aromatic N) is 2. The lowest BCUT2D eigenvalue weighted by molar-refractivity contribution is -0.131. The lowest BCUT2D eigenvalue weighted by atomic mass is 10.00. The van der Waals surface area contributed by atoms with E-state index in [-0.39, 0.29) is 30.0 Å². The van der Waals surface area contributed by atoms with E-state index in [1.165, 1.54) is 24.3 Å². The van der Waals surface area contributed by atoms with E-state index in [9.17, 15) is 14.0 Å². The fraction of sp³-hybridized carbons (Fsp3) is 0.391. The summed E-state index contributed by atoms with van der Waals surface area (Å²) in [5.74, 6) is -0.369. The Hall–Kier alpha value is -2.73. The molecule has 1 atom stereocenters. The molecule has 1 N–H and O–H groups in total. The van der Waals surface area contributed by atoms with Gasteiger partial charge >= 0.3 is 0 Å². The highest BCUT2D eigenvalue weighted by molar-refractivity contribution is 5.94. The maximum absolute atomic E-state index is 13.3. The van der Waals surface area contributed by atoms with Crippen LogP contribution in [0.2, 0.25) is 0 Å². The van der Waals surface area contributed by atoms with E-state index in [4.69, 9.17) is 0 Å². The highest BCUT2D eigenvalue weighted by Gasteiger charge is 2.22. The topological polar surface area (TPSA) is 52.7 Å². The third-order valence-electron chi connectivity index (χ3n) is 5.31. The van der Waals surface area contributed by atoms with Gasteiger partial charge in [0.05, 0.1) is 0 Å². The summed E-state index contributed by atoms with van der Waals surface area (Å²) in [4.78, 5) is 29.2. The molecule has 5 nitrogen and oxygen atoms in total. The first-order chi connectivity index (χ1) is 14.0. The number of halogens is 1. The minimum atomic E-state index is -0.375. The summed E-state index contributed by atoms with van der Waals surface area (Å²) in [5.41, 5.74) is 1.57. The number of carbonyl (C=O) groups excluding carboxylic acids is 2. The second kappa shape index (κ2) is 10.2. The average molecular weight is 397 g/mol. The molecule has 0 unspecified atom stereocenters. The molecule has 1 aliphatic heterocycles. The molecule has 0 radical (unpaired) electrons. The highest BCUT2D eigenvalue weighted by atomic mass is 19.1. The molecule has 0 saturated carbocycles. The van der Waals surface area contributed by atoms with Crippen LogP contribution in [0.15, 0.2) is 54.6 Å². The lowest BCUT2D eigenvalue weighted by Gasteiger charge is -2.30. The molecule has 0 spiro atoms. The monoisotopic (exact) mass is 397 g/mol. The van der Waals surface area contributed by atoms with Crippen molar-refractivity contribution in [2.75, 3.05) is 39.3 Å².